The molecule has 0 atom stereocenters. The first-order chi connectivity index (χ1) is 18.6. The van der Waals surface area contributed by atoms with Gasteiger partial charge in [0.2, 0.25) is 11.6 Å². The Hall–Kier alpha value is -3.64. The van der Waals surface area contributed by atoms with Gasteiger partial charge < -0.3 is 0 Å². The highest BCUT2D eigenvalue weighted by Crippen LogP contribution is 2.65. The molecule has 3 aliphatic carbocycles. The van der Waals surface area contributed by atoms with Crippen LogP contribution in [0.3, 0.4) is 0 Å². The monoisotopic (exact) mass is 558 g/mol. The van der Waals surface area contributed by atoms with Crippen molar-refractivity contribution >= 4 is 33.7 Å². The molecule has 0 unspecified atom stereocenters. The molecule has 0 saturated carbocycles. The van der Waals surface area contributed by atoms with Crippen LogP contribution in [0.1, 0.15) is 54.1 Å². The van der Waals surface area contributed by atoms with Crippen molar-refractivity contribution in [1.82, 2.24) is 0 Å². The lowest BCUT2D eigenvalue weighted by atomic mass is 9.70. The van der Waals surface area contributed by atoms with Gasteiger partial charge in [-0.15, -0.1) is 4.33 Å². The molecule has 0 bridgehead atoms. The van der Waals surface area contributed by atoms with Crippen molar-refractivity contribution in [2.24, 2.45) is 0 Å². The molecule has 4 aromatic carbocycles. The summed E-state index contributed by atoms with van der Waals surface area (Å²) in [6.07, 6.45) is 0. The normalized spacial score (nSPS) is 15.5. The van der Waals surface area contributed by atoms with Crippen LogP contribution in [0.15, 0.2) is 70.5 Å². The molecule has 0 radical (unpaired) electrons. The number of rotatable bonds is 4. The van der Waals surface area contributed by atoms with Crippen molar-refractivity contribution in [3.63, 3.8) is 0 Å². The van der Waals surface area contributed by atoms with Crippen LogP contribution < -0.4 is 0 Å². The summed E-state index contributed by atoms with van der Waals surface area (Å²) in [5.41, 5.74) is 6.75. The van der Waals surface area contributed by atoms with Gasteiger partial charge in [-0.05, 0) is 81.6 Å². The van der Waals surface area contributed by atoms with E-state index in [1.807, 2.05) is 31.2 Å². The highest BCUT2D eigenvalue weighted by atomic mass is 32.2. The van der Waals surface area contributed by atoms with Gasteiger partial charge in [0.05, 0.1) is 22.4 Å². The smallest absolute Gasteiger partial charge is 0.285 e. The predicted octanol–water partition coefficient (Wildman–Crippen LogP) is 5.70. The van der Waals surface area contributed by atoms with E-state index in [9.17, 15) is 22.6 Å². The standard InChI is InChI=1S/C29H18O8S2/c1-13-9-21-17(11-23(13)38-37-36-32)18-12-24(39(33,34)35)14(2)10-22(18)29(21)19-7-3-5-15-25(19)26-16(28(31)27(15)30)6-4-8-20(26)29/h3-12,32H,1-2H3,(H,33,34,35). The third-order valence-corrected chi connectivity index (χ3v) is 9.79. The predicted molar refractivity (Wildman–Crippen MR) is 141 cm³/mol. The molecular weight excluding hydrogens is 540 g/mol. The largest absolute Gasteiger partial charge is 0.294 e. The number of hydrogen-bond acceptors (Lipinski definition) is 8. The lowest BCUT2D eigenvalue weighted by molar-refractivity contribution is -0.432. The van der Waals surface area contributed by atoms with Crippen LogP contribution in [-0.4, -0.2) is 29.8 Å². The molecule has 1 spiro atoms. The lowest BCUT2D eigenvalue weighted by Gasteiger charge is -2.31. The molecule has 0 fully saturated rings. The SMILES string of the molecule is Cc1cc2c(cc1SOOO)-c1cc(S(=O)(=O)O)c(C)cc1C21c2cccc3c2-c2c(cccc21)C(=O)C3=O. The summed E-state index contributed by atoms with van der Waals surface area (Å²) in [6, 6.07) is 17.7. The second-order valence-corrected chi connectivity index (χ2v) is 12.0. The first-order valence-corrected chi connectivity index (χ1v) is 14.1. The minimum Gasteiger partial charge on any atom is -0.285 e. The summed E-state index contributed by atoms with van der Waals surface area (Å²) in [7, 11) is -4.54. The fourth-order valence-electron chi connectivity index (χ4n) is 6.62. The van der Waals surface area contributed by atoms with E-state index in [-0.39, 0.29) is 4.90 Å². The minimum atomic E-state index is -4.54. The Morgan fingerprint density at radius 3 is 1.82 bits per heavy atom. The Morgan fingerprint density at radius 1 is 0.744 bits per heavy atom. The van der Waals surface area contributed by atoms with E-state index in [0.717, 1.165) is 39.9 Å². The molecular formula is C29H18O8S2. The fraction of sp³-hybridized carbons (Fsp3) is 0.103. The summed E-state index contributed by atoms with van der Waals surface area (Å²) in [4.78, 5) is 26.7. The highest BCUT2D eigenvalue weighted by Gasteiger charge is 2.55. The number of aryl methyl sites for hydroxylation is 2. The summed E-state index contributed by atoms with van der Waals surface area (Å²) in [5, 5.41) is 12.5. The maximum atomic E-state index is 13.2. The van der Waals surface area contributed by atoms with Crippen molar-refractivity contribution in [2.45, 2.75) is 29.1 Å². The van der Waals surface area contributed by atoms with E-state index < -0.39 is 27.1 Å². The van der Waals surface area contributed by atoms with E-state index in [1.165, 1.54) is 6.07 Å². The Morgan fingerprint density at radius 2 is 1.28 bits per heavy atom. The van der Waals surface area contributed by atoms with Crippen LogP contribution >= 0.6 is 12.0 Å². The first-order valence-electron chi connectivity index (χ1n) is 11.9. The van der Waals surface area contributed by atoms with Gasteiger partial charge in [-0.3, -0.25) is 14.1 Å². The zero-order chi connectivity index (χ0) is 27.4. The Balaban J connectivity index is 1.68. The van der Waals surface area contributed by atoms with Gasteiger partial charge in [0.25, 0.3) is 10.1 Å². The van der Waals surface area contributed by atoms with Crippen molar-refractivity contribution in [2.75, 3.05) is 0 Å². The molecule has 0 amide bonds. The maximum absolute atomic E-state index is 13.2. The molecule has 8 nitrogen and oxygen atoms in total. The fourth-order valence-corrected chi connectivity index (χ4v) is 7.82. The van der Waals surface area contributed by atoms with Crippen LogP contribution in [-0.2, 0) is 24.9 Å². The van der Waals surface area contributed by atoms with E-state index in [0.29, 0.717) is 43.8 Å². The van der Waals surface area contributed by atoms with Crippen LogP contribution in [0.4, 0.5) is 0 Å². The molecule has 10 heteroatoms. The van der Waals surface area contributed by atoms with Gasteiger partial charge in [0, 0.05) is 16.0 Å². The molecule has 194 valence electrons. The molecule has 4 aromatic rings. The number of ketones is 2. The minimum absolute atomic E-state index is 0.218. The van der Waals surface area contributed by atoms with Gasteiger partial charge in [-0.25, -0.2) is 5.26 Å². The zero-order valence-electron chi connectivity index (χ0n) is 20.4. The van der Waals surface area contributed by atoms with Gasteiger partial charge in [-0.1, -0.05) is 53.6 Å². The van der Waals surface area contributed by atoms with Crippen molar-refractivity contribution in [3.05, 3.63) is 105 Å². The number of hydrogen-bond donors (Lipinski definition) is 2. The third-order valence-electron chi connectivity index (χ3n) is 8.04. The summed E-state index contributed by atoms with van der Waals surface area (Å²) >= 11 is 0.789. The average Bonchev–Trinajstić information content (AvgIpc) is 3.35. The number of benzene rings is 4. The summed E-state index contributed by atoms with van der Waals surface area (Å²) in [5.74, 6) is -1.12. The topological polar surface area (TPSA) is 127 Å². The number of carbonyl (C=O) groups is 2. The molecule has 39 heavy (non-hydrogen) atoms. The zero-order valence-corrected chi connectivity index (χ0v) is 22.1. The quantitative estimate of drug-likeness (QED) is 0.0921. The van der Waals surface area contributed by atoms with Crippen molar-refractivity contribution in [3.8, 4) is 22.3 Å². The molecule has 0 saturated heterocycles. The Kier molecular flexibility index (Phi) is 4.97. The number of carbonyl (C=O) groups excluding carboxylic acids is 2. The van der Waals surface area contributed by atoms with Crippen LogP contribution in [0, 0.1) is 13.8 Å². The van der Waals surface area contributed by atoms with Crippen LogP contribution in [0.2, 0.25) is 0 Å². The van der Waals surface area contributed by atoms with E-state index in [1.54, 1.807) is 37.3 Å². The number of fused-ring (bicyclic) bond motifs is 7. The Labute approximate surface area is 227 Å². The third kappa shape index (κ3) is 2.95. The molecule has 7 rings (SSSR count). The van der Waals surface area contributed by atoms with Gasteiger partial charge >= 0.3 is 0 Å². The van der Waals surface area contributed by atoms with Gasteiger partial charge in [0.1, 0.15) is 0 Å². The molecule has 0 aliphatic heterocycles. The second-order valence-electron chi connectivity index (χ2n) is 9.89. The van der Waals surface area contributed by atoms with Crippen molar-refractivity contribution < 1.29 is 37.2 Å². The molecule has 0 heterocycles. The van der Waals surface area contributed by atoms with E-state index in [4.69, 9.17) is 9.59 Å². The van der Waals surface area contributed by atoms with Crippen LogP contribution in [0.5, 0.6) is 0 Å². The average molecular weight is 559 g/mol. The second kappa shape index (κ2) is 7.95. The molecule has 2 N–H and O–H groups in total. The van der Waals surface area contributed by atoms with Gasteiger partial charge in [-0.2, -0.15) is 8.42 Å². The van der Waals surface area contributed by atoms with Gasteiger partial charge in [0.15, 0.2) is 0 Å². The van der Waals surface area contributed by atoms with E-state index in [2.05, 4.69) is 5.04 Å². The van der Waals surface area contributed by atoms with Crippen molar-refractivity contribution in [1.29, 1.82) is 0 Å². The lowest BCUT2D eigenvalue weighted by Crippen LogP contribution is -2.26. The van der Waals surface area contributed by atoms with E-state index >= 15 is 0 Å². The molecule has 0 aromatic heterocycles. The summed E-state index contributed by atoms with van der Waals surface area (Å²) in [6.45, 7) is 3.48. The first kappa shape index (κ1) is 24.4. The summed E-state index contributed by atoms with van der Waals surface area (Å²) < 4.78 is 39.3. The van der Waals surface area contributed by atoms with Crippen LogP contribution in [0.25, 0.3) is 22.3 Å². The maximum Gasteiger partial charge on any atom is 0.294 e. The Bertz CT molecular complexity index is 1880. The molecule has 3 aliphatic rings. The highest BCUT2D eigenvalue weighted by molar-refractivity contribution is 7.94. The number of Topliss-reactive ketones (excluding diaryl/α,β-unsaturated/α-hetero) is 2.